The molecule has 0 amide bonds. The molecule has 3 nitrogen and oxygen atoms in total. The largest absolute Gasteiger partial charge is 0.288 e. The summed E-state index contributed by atoms with van der Waals surface area (Å²) in [6.45, 7) is 0. The van der Waals surface area contributed by atoms with Crippen LogP contribution in [0.2, 0.25) is 10.0 Å². The minimum atomic E-state index is -0.243. The molecule has 1 heterocycles. The molecule has 0 bridgehead atoms. The molecule has 0 aliphatic heterocycles. The molecule has 0 unspecified atom stereocenters. The Kier molecular flexibility index (Phi) is 3.78. The standard InChI is InChI=1S/C16H10Cl2N2O/c17-13-7-4-8-14(18)15(13)16(21)11-9-19-20(10-11)12-5-2-1-3-6-12/h1-10H. The van der Waals surface area contributed by atoms with Crippen LogP contribution in [-0.4, -0.2) is 15.6 Å². The van der Waals surface area contributed by atoms with Crippen molar-refractivity contribution in [2.24, 2.45) is 0 Å². The quantitative estimate of drug-likeness (QED) is 0.671. The molecule has 0 spiro atoms. The maximum absolute atomic E-state index is 12.5. The molecular weight excluding hydrogens is 307 g/mol. The lowest BCUT2D eigenvalue weighted by Crippen LogP contribution is -2.02. The summed E-state index contributed by atoms with van der Waals surface area (Å²) in [5, 5.41) is 4.87. The third-order valence-corrected chi connectivity index (χ3v) is 3.69. The highest BCUT2D eigenvalue weighted by Crippen LogP contribution is 2.27. The molecule has 21 heavy (non-hydrogen) atoms. The van der Waals surface area contributed by atoms with Crippen molar-refractivity contribution in [2.75, 3.05) is 0 Å². The molecule has 104 valence electrons. The average molecular weight is 317 g/mol. The first-order valence-corrected chi connectivity index (χ1v) is 7.01. The van der Waals surface area contributed by atoms with Gasteiger partial charge < -0.3 is 0 Å². The first kappa shape index (κ1) is 13.9. The molecule has 0 fully saturated rings. The van der Waals surface area contributed by atoms with Gasteiger partial charge in [-0.1, -0.05) is 47.5 Å². The number of aromatic nitrogens is 2. The molecule has 0 atom stereocenters. The summed E-state index contributed by atoms with van der Waals surface area (Å²) < 4.78 is 1.64. The highest BCUT2D eigenvalue weighted by Gasteiger charge is 2.18. The number of rotatable bonds is 3. The van der Waals surface area contributed by atoms with E-state index in [4.69, 9.17) is 23.2 Å². The van der Waals surface area contributed by atoms with Gasteiger partial charge in [-0.3, -0.25) is 4.79 Å². The maximum Gasteiger partial charge on any atom is 0.199 e. The lowest BCUT2D eigenvalue weighted by molar-refractivity contribution is 0.103. The summed E-state index contributed by atoms with van der Waals surface area (Å²) in [4.78, 5) is 12.5. The van der Waals surface area contributed by atoms with Crippen molar-refractivity contribution >= 4 is 29.0 Å². The van der Waals surface area contributed by atoms with Crippen molar-refractivity contribution in [3.8, 4) is 5.69 Å². The third kappa shape index (κ3) is 2.71. The summed E-state index contributed by atoms with van der Waals surface area (Å²) in [7, 11) is 0. The lowest BCUT2D eigenvalue weighted by atomic mass is 10.1. The predicted octanol–water partition coefficient (Wildman–Crippen LogP) is 4.41. The minimum absolute atomic E-state index is 0.243. The highest BCUT2D eigenvalue weighted by atomic mass is 35.5. The van der Waals surface area contributed by atoms with Gasteiger partial charge in [-0.15, -0.1) is 0 Å². The Morgan fingerprint density at radius 1 is 0.952 bits per heavy atom. The smallest absolute Gasteiger partial charge is 0.199 e. The normalized spacial score (nSPS) is 10.6. The zero-order valence-electron chi connectivity index (χ0n) is 10.8. The summed E-state index contributed by atoms with van der Waals surface area (Å²) in [6.07, 6.45) is 3.17. The fourth-order valence-corrected chi connectivity index (χ4v) is 2.59. The second kappa shape index (κ2) is 5.72. The topological polar surface area (TPSA) is 34.9 Å². The van der Waals surface area contributed by atoms with Gasteiger partial charge in [0, 0.05) is 6.20 Å². The molecule has 0 saturated carbocycles. The summed E-state index contributed by atoms with van der Waals surface area (Å²) >= 11 is 12.1. The lowest BCUT2D eigenvalue weighted by Gasteiger charge is -2.04. The fraction of sp³-hybridized carbons (Fsp3) is 0. The van der Waals surface area contributed by atoms with E-state index in [1.54, 1.807) is 29.1 Å². The zero-order valence-corrected chi connectivity index (χ0v) is 12.3. The fourth-order valence-electron chi connectivity index (χ4n) is 2.02. The van der Waals surface area contributed by atoms with Gasteiger partial charge in [0.05, 0.1) is 33.1 Å². The van der Waals surface area contributed by atoms with E-state index >= 15 is 0 Å². The maximum atomic E-state index is 12.5. The van der Waals surface area contributed by atoms with Gasteiger partial charge in [0.1, 0.15) is 0 Å². The first-order valence-electron chi connectivity index (χ1n) is 6.25. The van der Waals surface area contributed by atoms with Crippen LogP contribution in [0.15, 0.2) is 60.9 Å². The van der Waals surface area contributed by atoms with Crippen LogP contribution in [0.1, 0.15) is 15.9 Å². The molecule has 5 heteroatoms. The van der Waals surface area contributed by atoms with E-state index in [2.05, 4.69) is 5.10 Å². The Balaban J connectivity index is 1.99. The van der Waals surface area contributed by atoms with Crippen molar-refractivity contribution in [3.63, 3.8) is 0 Å². The first-order chi connectivity index (χ1) is 10.2. The molecule has 0 N–H and O–H groups in total. The van der Waals surface area contributed by atoms with Crippen molar-refractivity contribution in [3.05, 3.63) is 82.1 Å². The predicted molar refractivity (Wildman–Crippen MR) is 83.5 cm³/mol. The van der Waals surface area contributed by atoms with Gasteiger partial charge in [0.2, 0.25) is 0 Å². The molecule has 1 aromatic heterocycles. The number of benzene rings is 2. The van der Waals surface area contributed by atoms with Crippen molar-refractivity contribution in [2.45, 2.75) is 0 Å². The van der Waals surface area contributed by atoms with Gasteiger partial charge >= 0.3 is 0 Å². The van der Waals surface area contributed by atoms with E-state index in [1.165, 1.54) is 6.20 Å². The second-order valence-corrected chi connectivity index (χ2v) is 5.25. The molecule has 0 aliphatic carbocycles. The Hall–Kier alpha value is -2.10. The van der Waals surface area contributed by atoms with Gasteiger partial charge in [-0.05, 0) is 24.3 Å². The van der Waals surface area contributed by atoms with Crippen molar-refractivity contribution in [1.82, 2.24) is 9.78 Å². The molecule has 3 aromatic rings. The number of carbonyl (C=O) groups is 1. The van der Waals surface area contributed by atoms with Crippen LogP contribution < -0.4 is 0 Å². The molecule has 0 aliphatic rings. The monoisotopic (exact) mass is 316 g/mol. The molecular formula is C16H10Cl2N2O. The van der Waals surface area contributed by atoms with Gasteiger partial charge in [0.25, 0.3) is 0 Å². The Labute approximate surface area is 131 Å². The van der Waals surface area contributed by atoms with Crippen LogP contribution in [0.5, 0.6) is 0 Å². The zero-order chi connectivity index (χ0) is 14.8. The summed E-state index contributed by atoms with van der Waals surface area (Å²) in [5.74, 6) is -0.243. The second-order valence-electron chi connectivity index (χ2n) is 4.43. The number of hydrogen-bond acceptors (Lipinski definition) is 2. The minimum Gasteiger partial charge on any atom is -0.288 e. The van der Waals surface area contributed by atoms with E-state index in [-0.39, 0.29) is 5.78 Å². The van der Waals surface area contributed by atoms with Crippen LogP contribution in [0.3, 0.4) is 0 Å². The van der Waals surface area contributed by atoms with Crippen molar-refractivity contribution in [1.29, 1.82) is 0 Å². The van der Waals surface area contributed by atoms with Gasteiger partial charge in [-0.25, -0.2) is 4.68 Å². The van der Waals surface area contributed by atoms with Crippen LogP contribution >= 0.6 is 23.2 Å². The summed E-state index contributed by atoms with van der Waals surface area (Å²) in [5.41, 5.74) is 1.61. The van der Waals surface area contributed by atoms with Crippen LogP contribution in [0.4, 0.5) is 0 Å². The van der Waals surface area contributed by atoms with E-state index in [1.807, 2.05) is 30.3 Å². The van der Waals surface area contributed by atoms with E-state index in [0.717, 1.165) is 5.69 Å². The third-order valence-electron chi connectivity index (χ3n) is 3.06. The van der Waals surface area contributed by atoms with Crippen LogP contribution in [0, 0.1) is 0 Å². The molecule has 2 aromatic carbocycles. The van der Waals surface area contributed by atoms with E-state index in [9.17, 15) is 4.79 Å². The Bertz CT molecular complexity index is 777. The number of nitrogens with zero attached hydrogens (tertiary/aromatic N) is 2. The average Bonchev–Trinajstić information content (AvgIpc) is 2.97. The molecule has 0 radical (unpaired) electrons. The van der Waals surface area contributed by atoms with E-state index < -0.39 is 0 Å². The van der Waals surface area contributed by atoms with Crippen molar-refractivity contribution < 1.29 is 4.79 Å². The number of ketones is 1. The van der Waals surface area contributed by atoms with Crippen LogP contribution in [-0.2, 0) is 0 Å². The van der Waals surface area contributed by atoms with Gasteiger partial charge in [-0.2, -0.15) is 5.10 Å². The molecule has 3 rings (SSSR count). The highest BCUT2D eigenvalue weighted by molar-refractivity contribution is 6.40. The Morgan fingerprint density at radius 3 is 2.29 bits per heavy atom. The Morgan fingerprint density at radius 2 is 1.62 bits per heavy atom. The van der Waals surface area contributed by atoms with Crippen LogP contribution in [0.25, 0.3) is 5.69 Å². The SMILES string of the molecule is O=C(c1cnn(-c2ccccc2)c1)c1c(Cl)cccc1Cl. The number of hydrogen-bond donors (Lipinski definition) is 0. The van der Waals surface area contributed by atoms with E-state index in [0.29, 0.717) is 21.2 Å². The van der Waals surface area contributed by atoms with Gasteiger partial charge in [0.15, 0.2) is 5.78 Å². The number of carbonyl (C=O) groups excluding carboxylic acids is 1. The molecule has 0 saturated heterocycles. The number of halogens is 2. The number of para-hydroxylation sites is 1. The summed E-state index contributed by atoms with van der Waals surface area (Å²) in [6, 6.07) is 14.5.